The van der Waals surface area contributed by atoms with Gasteiger partial charge >= 0.3 is 0 Å². The fourth-order valence-electron chi connectivity index (χ4n) is 3.36. The number of carbonyl (C=O) groups excluding carboxylic acids is 3. The first-order valence-electron chi connectivity index (χ1n) is 10.5. The topological polar surface area (TPSA) is 81.8 Å². The zero-order valence-electron chi connectivity index (χ0n) is 19.0. The van der Waals surface area contributed by atoms with Crippen LogP contribution in [-0.2, 0) is 9.59 Å². The van der Waals surface area contributed by atoms with E-state index in [0.717, 1.165) is 16.8 Å². The summed E-state index contributed by atoms with van der Waals surface area (Å²) >= 11 is 0. The standard InChI is InChI=1S/C24H32N4O3/c1-6-28(7-2)24(31)19-12-9-13-20(14-19)25-21(29)15-27(5)16-22(30)26-23-17(3)10-8-11-18(23)4/h8-14H,6-7,15-16H2,1-5H3,(H,25,29)(H,26,30). The lowest BCUT2D eigenvalue weighted by Gasteiger charge is -2.19. The zero-order valence-corrected chi connectivity index (χ0v) is 19.0. The Kier molecular flexibility index (Phi) is 8.75. The van der Waals surface area contributed by atoms with Crippen LogP contribution in [0.4, 0.5) is 11.4 Å². The highest BCUT2D eigenvalue weighted by molar-refractivity contribution is 5.98. The minimum atomic E-state index is -0.255. The summed E-state index contributed by atoms with van der Waals surface area (Å²) in [7, 11) is 1.71. The van der Waals surface area contributed by atoms with Crippen molar-refractivity contribution in [3.05, 3.63) is 59.2 Å². The normalized spacial score (nSPS) is 10.6. The van der Waals surface area contributed by atoms with Crippen LogP contribution < -0.4 is 10.6 Å². The zero-order chi connectivity index (χ0) is 23.0. The first kappa shape index (κ1) is 24.1. The molecule has 0 atom stereocenters. The van der Waals surface area contributed by atoms with E-state index in [1.54, 1.807) is 41.1 Å². The van der Waals surface area contributed by atoms with Gasteiger partial charge in [-0.1, -0.05) is 24.3 Å². The van der Waals surface area contributed by atoms with Crippen molar-refractivity contribution in [1.82, 2.24) is 9.80 Å². The Labute approximate surface area is 184 Å². The number of amides is 3. The molecular formula is C24H32N4O3. The van der Waals surface area contributed by atoms with Crippen LogP contribution >= 0.6 is 0 Å². The lowest BCUT2D eigenvalue weighted by atomic mass is 10.1. The van der Waals surface area contributed by atoms with Crippen LogP contribution in [0.3, 0.4) is 0 Å². The predicted octanol–water partition coefficient (Wildman–Crippen LogP) is 3.29. The molecule has 0 saturated carbocycles. The molecule has 7 heteroatoms. The summed E-state index contributed by atoms with van der Waals surface area (Å²) in [4.78, 5) is 40.7. The second-order valence-electron chi connectivity index (χ2n) is 7.59. The molecule has 2 aromatic rings. The number of nitrogens with one attached hydrogen (secondary N) is 2. The van der Waals surface area contributed by atoms with Crippen molar-refractivity contribution in [3.8, 4) is 0 Å². The molecule has 0 heterocycles. The van der Waals surface area contributed by atoms with E-state index in [4.69, 9.17) is 0 Å². The predicted molar refractivity (Wildman–Crippen MR) is 124 cm³/mol. The van der Waals surface area contributed by atoms with E-state index < -0.39 is 0 Å². The van der Waals surface area contributed by atoms with Gasteiger partial charge in [0, 0.05) is 30.0 Å². The molecule has 7 nitrogen and oxygen atoms in total. The quantitative estimate of drug-likeness (QED) is 0.647. The van der Waals surface area contributed by atoms with Crippen LogP contribution in [-0.4, -0.2) is 60.7 Å². The Hall–Kier alpha value is -3.19. The summed E-state index contributed by atoms with van der Waals surface area (Å²) in [6.45, 7) is 9.13. The van der Waals surface area contributed by atoms with Gasteiger partial charge in [-0.15, -0.1) is 0 Å². The lowest BCUT2D eigenvalue weighted by Crippen LogP contribution is -2.36. The van der Waals surface area contributed by atoms with E-state index >= 15 is 0 Å². The van der Waals surface area contributed by atoms with Crippen molar-refractivity contribution in [3.63, 3.8) is 0 Å². The fourth-order valence-corrected chi connectivity index (χ4v) is 3.36. The van der Waals surface area contributed by atoms with Gasteiger partial charge in [-0.2, -0.15) is 0 Å². The van der Waals surface area contributed by atoms with Crippen LogP contribution in [0.25, 0.3) is 0 Å². The van der Waals surface area contributed by atoms with Crippen molar-refractivity contribution in [1.29, 1.82) is 0 Å². The van der Waals surface area contributed by atoms with Crippen LogP contribution in [0.1, 0.15) is 35.3 Å². The van der Waals surface area contributed by atoms with Crippen molar-refractivity contribution in [2.45, 2.75) is 27.7 Å². The Bertz CT molecular complexity index is 918. The van der Waals surface area contributed by atoms with Crippen molar-refractivity contribution in [2.24, 2.45) is 0 Å². The van der Waals surface area contributed by atoms with E-state index in [1.165, 1.54) is 0 Å². The molecule has 0 aliphatic rings. The van der Waals surface area contributed by atoms with Crippen LogP contribution in [0.2, 0.25) is 0 Å². The molecule has 0 aromatic heterocycles. The maximum Gasteiger partial charge on any atom is 0.253 e. The number of likely N-dealkylation sites (N-methyl/N-ethyl adjacent to an activating group) is 1. The first-order valence-corrected chi connectivity index (χ1v) is 10.5. The molecule has 0 fully saturated rings. The average molecular weight is 425 g/mol. The first-order chi connectivity index (χ1) is 14.7. The summed E-state index contributed by atoms with van der Waals surface area (Å²) in [6, 6.07) is 12.7. The maximum absolute atomic E-state index is 12.5. The molecule has 31 heavy (non-hydrogen) atoms. The molecule has 0 radical (unpaired) electrons. The third kappa shape index (κ3) is 6.93. The number of anilines is 2. The number of hydrogen-bond donors (Lipinski definition) is 2. The van der Waals surface area contributed by atoms with Gasteiger partial charge in [0.15, 0.2) is 0 Å². The third-order valence-corrected chi connectivity index (χ3v) is 5.02. The van der Waals surface area contributed by atoms with E-state index in [0.29, 0.717) is 24.3 Å². The second kappa shape index (κ2) is 11.3. The summed E-state index contributed by atoms with van der Waals surface area (Å²) in [5.41, 5.74) is 3.88. The lowest BCUT2D eigenvalue weighted by molar-refractivity contribution is -0.119. The molecule has 2 N–H and O–H groups in total. The minimum absolute atomic E-state index is 0.0500. The van der Waals surface area contributed by atoms with E-state index in [9.17, 15) is 14.4 Å². The number of nitrogens with zero attached hydrogens (tertiary/aromatic N) is 2. The number of hydrogen-bond acceptors (Lipinski definition) is 4. The van der Waals surface area contributed by atoms with Gasteiger partial charge in [-0.3, -0.25) is 19.3 Å². The van der Waals surface area contributed by atoms with Gasteiger partial charge in [0.1, 0.15) is 0 Å². The Balaban J connectivity index is 1.91. The molecule has 0 aliphatic heterocycles. The maximum atomic E-state index is 12.5. The van der Waals surface area contributed by atoms with Gasteiger partial charge in [0.05, 0.1) is 13.1 Å². The van der Waals surface area contributed by atoms with Gasteiger partial charge in [0.25, 0.3) is 5.91 Å². The number of benzene rings is 2. The molecule has 0 saturated heterocycles. The van der Waals surface area contributed by atoms with Crippen LogP contribution in [0, 0.1) is 13.8 Å². The van der Waals surface area contributed by atoms with Crippen LogP contribution in [0.5, 0.6) is 0 Å². The van der Waals surface area contributed by atoms with E-state index in [-0.39, 0.29) is 30.8 Å². The Morgan fingerprint density at radius 1 is 0.839 bits per heavy atom. The number of rotatable bonds is 9. The third-order valence-electron chi connectivity index (χ3n) is 5.02. The molecule has 2 aromatic carbocycles. The average Bonchev–Trinajstić information content (AvgIpc) is 2.71. The highest BCUT2D eigenvalue weighted by atomic mass is 16.2. The summed E-state index contributed by atoms with van der Waals surface area (Å²) in [6.07, 6.45) is 0. The second-order valence-corrected chi connectivity index (χ2v) is 7.59. The van der Waals surface area contributed by atoms with Gasteiger partial charge in [-0.25, -0.2) is 0 Å². The molecular weight excluding hydrogens is 392 g/mol. The van der Waals surface area contributed by atoms with Crippen molar-refractivity contribution in [2.75, 3.05) is 43.9 Å². The number of para-hydroxylation sites is 1. The molecule has 0 spiro atoms. The fraction of sp³-hybridized carbons (Fsp3) is 0.375. The Morgan fingerprint density at radius 3 is 1.97 bits per heavy atom. The van der Waals surface area contributed by atoms with Crippen molar-refractivity contribution >= 4 is 29.1 Å². The SMILES string of the molecule is CCN(CC)C(=O)c1cccc(NC(=O)CN(C)CC(=O)Nc2c(C)cccc2C)c1. The van der Waals surface area contributed by atoms with Gasteiger partial charge in [0.2, 0.25) is 11.8 Å². The molecule has 0 unspecified atom stereocenters. The molecule has 166 valence electrons. The summed E-state index contributed by atoms with van der Waals surface area (Å²) in [5.74, 6) is -0.504. The highest BCUT2D eigenvalue weighted by Gasteiger charge is 2.15. The molecule has 0 bridgehead atoms. The number of carbonyl (C=O) groups is 3. The summed E-state index contributed by atoms with van der Waals surface area (Å²) in [5, 5.41) is 5.72. The molecule has 2 rings (SSSR count). The van der Waals surface area contributed by atoms with Crippen molar-refractivity contribution < 1.29 is 14.4 Å². The van der Waals surface area contributed by atoms with Gasteiger partial charge < -0.3 is 15.5 Å². The summed E-state index contributed by atoms with van der Waals surface area (Å²) < 4.78 is 0. The molecule has 3 amide bonds. The molecule has 0 aliphatic carbocycles. The smallest absolute Gasteiger partial charge is 0.253 e. The minimum Gasteiger partial charge on any atom is -0.339 e. The van der Waals surface area contributed by atoms with E-state index in [2.05, 4.69) is 10.6 Å². The van der Waals surface area contributed by atoms with E-state index in [1.807, 2.05) is 45.9 Å². The Morgan fingerprint density at radius 2 is 1.39 bits per heavy atom. The highest BCUT2D eigenvalue weighted by Crippen LogP contribution is 2.19. The van der Waals surface area contributed by atoms with Crippen LogP contribution in [0.15, 0.2) is 42.5 Å². The van der Waals surface area contributed by atoms with Gasteiger partial charge in [-0.05, 0) is 64.1 Å². The monoisotopic (exact) mass is 424 g/mol. The largest absolute Gasteiger partial charge is 0.339 e. The number of aryl methyl sites for hydroxylation is 2.